The molecular weight excluding hydrogens is 644 g/mol. The van der Waals surface area contributed by atoms with Gasteiger partial charge in [0.2, 0.25) is 5.91 Å². The summed E-state index contributed by atoms with van der Waals surface area (Å²) in [5.74, 6) is -0.854. The van der Waals surface area contributed by atoms with Crippen molar-refractivity contribution in [2.75, 3.05) is 18.5 Å². The molecule has 4 aromatic rings. The van der Waals surface area contributed by atoms with Gasteiger partial charge in [0.25, 0.3) is 5.69 Å². The van der Waals surface area contributed by atoms with Gasteiger partial charge < -0.3 is 29.6 Å². The second-order valence-corrected chi connectivity index (χ2v) is 10.0. The minimum atomic E-state index is -1.19. The van der Waals surface area contributed by atoms with Crippen LogP contribution >= 0.6 is 0 Å². The Labute approximate surface area is 277 Å². The predicted molar refractivity (Wildman–Crippen MR) is 170 cm³/mol. The van der Waals surface area contributed by atoms with Gasteiger partial charge in [0, 0.05) is 24.9 Å². The molecule has 0 bridgehead atoms. The first kappa shape index (κ1) is 35.1. The summed E-state index contributed by atoms with van der Waals surface area (Å²) in [6.45, 7) is -1.29. The molecule has 4 rings (SSSR count). The first-order valence-corrected chi connectivity index (χ1v) is 14.5. The number of rotatable bonds is 14. The van der Waals surface area contributed by atoms with E-state index in [-0.39, 0.29) is 37.0 Å². The lowest BCUT2D eigenvalue weighted by molar-refractivity contribution is -0.384. The number of nitro benzene ring substituents is 1. The molecule has 17 heteroatoms. The molecule has 1 heterocycles. The Morgan fingerprint density at radius 3 is 2.02 bits per heavy atom. The Bertz CT molecular complexity index is 1800. The van der Waals surface area contributed by atoms with E-state index in [9.17, 15) is 34.1 Å². The van der Waals surface area contributed by atoms with Gasteiger partial charge in [0.15, 0.2) is 0 Å². The first-order chi connectivity index (χ1) is 23.6. The van der Waals surface area contributed by atoms with Crippen molar-refractivity contribution in [1.29, 1.82) is 0 Å². The number of nitro groups is 1. The molecule has 254 valence electrons. The van der Waals surface area contributed by atoms with Gasteiger partial charge in [0.1, 0.15) is 37.9 Å². The highest BCUT2D eigenvalue weighted by Gasteiger charge is 2.19. The third-order valence-corrected chi connectivity index (χ3v) is 6.35. The first-order valence-electron chi connectivity index (χ1n) is 14.5. The zero-order valence-electron chi connectivity index (χ0n) is 25.7. The van der Waals surface area contributed by atoms with Crippen molar-refractivity contribution >= 4 is 35.8 Å². The van der Waals surface area contributed by atoms with E-state index in [2.05, 4.69) is 20.9 Å². The van der Waals surface area contributed by atoms with Crippen molar-refractivity contribution in [2.24, 2.45) is 0 Å². The van der Waals surface area contributed by atoms with E-state index in [4.69, 9.17) is 18.9 Å². The van der Waals surface area contributed by atoms with Gasteiger partial charge in [0.05, 0.1) is 11.0 Å². The number of alkyl carbamates (subject to hydrolysis) is 1. The van der Waals surface area contributed by atoms with Crippen LogP contribution in [0.2, 0.25) is 0 Å². The fraction of sp³-hybridized carbons (Fsp3) is 0.188. The van der Waals surface area contributed by atoms with Crippen LogP contribution in [-0.2, 0) is 38.8 Å². The highest BCUT2D eigenvalue weighted by Crippen LogP contribution is 2.17. The number of benzene rings is 3. The van der Waals surface area contributed by atoms with Crippen LogP contribution in [0.1, 0.15) is 11.1 Å². The summed E-state index contributed by atoms with van der Waals surface area (Å²) >= 11 is 0. The molecule has 0 radical (unpaired) electrons. The minimum Gasteiger partial charge on any atom is -0.445 e. The molecular formula is C32H30N6O11. The number of nitrogens with one attached hydrogen (secondary N) is 3. The highest BCUT2D eigenvalue weighted by atomic mass is 16.7. The highest BCUT2D eigenvalue weighted by molar-refractivity contribution is 5.83. The van der Waals surface area contributed by atoms with Crippen molar-refractivity contribution in [3.8, 4) is 5.75 Å². The predicted octanol–water partition coefficient (Wildman–Crippen LogP) is 3.53. The molecule has 17 nitrogen and oxygen atoms in total. The number of anilines is 1. The molecule has 3 amide bonds. The summed E-state index contributed by atoms with van der Waals surface area (Å²) in [5.41, 5.74) is 0.425. The molecule has 1 aromatic heterocycles. The maximum absolute atomic E-state index is 12.9. The number of ether oxygens (including phenoxy) is 4. The average Bonchev–Trinajstić information content (AvgIpc) is 3.10. The summed E-state index contributed by atoms with van der Waals surface area (Å²) in [6.07, 6.45) is -1.61. The Morgan fingerprint density at radius 1 is 0.816 bits per heavy atom. The van der Waals surface area contributed by atoms with E-state index in [1.54, 1.807) is 48.5 Å². The summed E-state index contributed by atoms with van der Waals surface area (Å²) in [6, 6.07) is 22.8. The minimum absolute atomic E-state index is 0.00314. The lowest BCUT2D eigenvalue weighted by Gasteiger charge is -2.19. The second-order valence-electron chi connectivity index (χ2n) is 10.0. The van der Waals surface area contributed by atoms with E-state index < -0.39 is 54.1 Å². The van der Waals surface area contributed by atoms with Crippen molar-refractivity contribution in [3.63, 3.8) is 0 Å². The van der Waals surface area contributed by atoms with Crippen LogP contribution < -0.4 is 26.4 Å². The maximum Gasteiger partial charge on any atom is 0.513 e. The van der Waals surface area contributed by atoms with Crippen LogP contribution in [0, 0.1) is 10.1 Å². The molecule has 0 spiro atoms. The van der Waals surface area contributed by atoms with Gasteiger partial charge in [-0.3, -0.25) is 24.8 Å². The zero-order chi connectivity index (χ0) is 35.0. The Hall–Kier alpha value is -6.78. The molecule has 1 atom stereocenters. The van der Waals surface area contributed by atoms with Crippen LogP contribution in [-0.4, -0.2) is 57.9 Å². The summed E-state index contributed by atoms with van der Waals surface area (Å²) in [5, 5.41) is 18.2. The van der Waals surface area contributed by atoms with Crippen LogP contribution in [0.4, 0.5) is 25.9 Å². The molecule has 49 heavy (non-hydrogen) atoms. The Kier molecular flexibility index (Phi) is 12.7. The van der Waals surface area contributed by atoms with Crippen LogP contribution in [0.15, 0.2) is 102 Å². The molecule has 0 aliphatic heterocycles. The molecule has 3 aromatic carbocycles. The summed E-state index contributed by atoms with van der Waals surface area (Å²) in [7, 11) is 0. The number of hydrogen-bond acceptors (Lipinski definition) is 12. The largest absolute Gasteiger partial charge is 0.513 e. The smallest absolute Gasteiger partial charge is 0.445 e. The summed E-state index contributed by atoms with van der Waals surface area (Å²) in [4.78, 5) is 76.1. The Balaban J connectivity index is 1.31. The van der Waals surface area contributed by atoms with Gasteiger partial charge in [-0.15, -0.1) is 0 Å². The fourth-order valence-electron chi connectivity index (χ4n) is 3.97. The number of carbonyl (C=O) groups is 4. The molecule has 0 unspecified atom stereocenters. The van der Waals surface area contributed by atoms with E-state index in [0.717, 1.165) is 27.8 Å². The van der Waals surface area contributed by atoms with Crippen molar-refractivity contribution < 1.29 is 43.0 Å². The average molecular weight is 675 g/mol. The quantitative estimate of drug-likeness (QED) is 0.0575. The zero-order valence-corrected chi connectivity index (χ0v) is 25.7. The third-order valence-electron chi connectivity index (χ3n) is 6.35. The van der Waals surface area contributed by atoms with Crippen molar-refractivity contribution in [3.05, 3.63) is 129 Å². The van der Waals surface area contributed by atoms with E-state index in [0.29, 0.717) is 0 Å². The number of aromatic nitrogens is 2. The second kappa shape index (κ2) is 17.8. The lowest BCUT2D eigenvalue weighted by atomic mass is 10.2. The van der Waals surface area contributed by atoms with Crippen molar-refractivity contribution in [2.45, 2.75) is 25.8 Å². The maximum atomic E-state index is 12.9. The third kappa shape index (κ3) is 12.2. The van der Waals surface area contributed by atoms with Crippen molar-refractivity contribution in [1.82, 2.24) is 20.2 Å². The van der Waals surface area contributed by atoms with Gasteiger partial charge >= 0.3 is 24.0 Å². The number of amides is 3. The van der Waals surface area contributed by atoms with Gasteiger partial charge in [-0.25, -0.2) is 19.2 Å². The molecule has 0 saturated carbocycles. The van der Waals surface area contributed by atoms with Crippen LogP contribution in [0.5, 0.6) is 5.75 Å². The fourth-order valence-corrected chi connectivity index (χ4v) is 3.97. The molecule has 0 aliphatic carbocycles. The number of nitrogens with zero attached hydrogens (tertiary/aromatic N) is 3. The number of non-ortho nitro benzene ring substituents is 1. The Morgan fingerprint density at radius 2 is 1.43 bits per heavy atom. The van der Waals surface area contributed by atoms with E-state index in [1.165, 1.54) is 24.4 Å². The number of carbonyl (C=O) groups excluding carboxylic acids is 4. The SMILES string of the molecule is O=C(Cn1ccc(NC(=O)OCc2ccccc2)nc1=O)N[C@H](CNC(=O)OCc1ccccc1)COC(=O)Oc1ccc([N+](=O)[O-])cc1. The molecule has 0 fully saturated rings. The molecule has 0 saturated heterocycles. The van der Waals surface area contributed by atoms with E-state index >= 15 is 0 Å². The van der Waals surface area contributed by atoms with Gasteiger partial charge in [-0.2, -0.15) is 4.98 Å². The molecule has 3 N–H and O–H groups in total. The molecule has 0 aliphatic rings. The van der Waals surface area contributed by atoms with Gasteiger partial charge in [-0.1, -0.05) is 60.7 Å². The van der Waals surface area contributed by atoms with Gasteiger partial charge in [-0.05, 0) is 29.3 Å². The monoisotopic (exact) mass is 674 g/mol. The van der Waals surface area contributed by atoms with Crippen LogP contribution in [0.3, 0.4) is 0 Å². The van der Waals surface area contributed by atoms with Crippen LogP contribution in [0.25, 0.3) is 0 Å². The summed E-state index contributed by atoms with van der Waals surface area (Å²) < 4.78 is 21.3. The lowest BCUT2D eigenvalue weighted by Crippen LogP contribution is -2.48. The van der Waals surface area contributed by atoms with E-state index in [1.807, 2.05) is 12.1 Å². The number of hydrogen-bond donors (Lipinski definition) is 3. The standard InChI is InChI=1S/C32H30N6O11/c39-28(18-37-16-15-27(35-29(37)40)36-31(42)47-20-23-9-5-2-6-10-23)34-24(17-33-30(41)46-19-22-7-3-1-4-8-22)21-48-32(43)49-26-13-11-25(12-14-26)38(44)45/h1-16,24H,17-21H2,(H,33,41)(H,34,39)(H,35,36,40,42)/t24-/m1/s1. The normalized spacial score (nSPS) is 10.9. The topological polar surface area (TPSA) is 219 Å².